The van der Waals surface area contributed by atoms with Gasteiger partial charge in [0.25, 0.3) is 0 Å². The van der Waals surface area contributed by atoms with Crippen LogP contribution in [0.4, 0.5) is 0 Å². The van der Waals surface area contributed by atoms with E-state index in [9.17, 15) is 0 Å². The quantitative estimate of drug-likeness (QED) is 0.193. The van der Waals surface area contributed by atoms with Gasteiger partial charge in [-0.25, -0.2) is 11.3 Å². The number of thiophene rings is 1. The molecule has 28 heavy (non-hydrogen) atoms. The third-order valence-electron chi connectivity index (χ3n) is 3.82. The Kier molecular flexibility index (Phi) is 10.5. The van der Waals surface area contributed by atoms with Crippen LogP contribution in [0.15, 0.2) is 59.5 Å². The van der Waals surface area contributed by atoms with E-state index in [1.165, 1.54) is 27.4 Å². The summed E-state index contributed by atoms with van der Waals surface area (Å²) in [4.78, 5) is 3.07. The molecule has 3 aromatic rings. The Morgan fingerprint density at radius 3 is 2.04 bits per heavy atom. The normalized spacial score (nSPS) is 8.75. The Hall–Kier alpha value is -2.14. The largest absolute Gasteiger partial charge is 2.00 e. The van der Waals surface area contributed by atoms with Crippen LogP contribution in [0.2, 0.25) is 0 Å². The van der Waals surface area contributed by atoms with Crippen LogP contribution < -0.4 is 0 Å². The summed E-state index contributed by atoms with van der Waals surface area (Å²) in [6.07, 6.45) is 15.8. The fraction of sp³-hybridized carbons (Fsp3) is 0.120. The molecule has 0 aliphatic heterocycles. The Balaban J connectivity index is 0.000000367. The topological polar surface area (TPSA) is 0 Å². The van der Waals surface area contributed by atoms with Gasteiger partial charge in [0.15, 0.2) is 0 Å². The molecule has 140 valence electrons. The molecule has 0 spiro atoms. The first-order valence-electron chi connectivity index (χ1n) is 8.25. The van der Waals surface area contributed by atoms with Gasteiger partial charge in [-0.1, -0.05) is 41.0 Å². The second-order valence-corrected chi connectivity index (χ2v) is 7.58. The minimum atomic E-state index is 0. The predicted molar refractivity (Wildman–Crippen MR) is 117 cm³/mol. The fourth-order valence-electron chi connectivity index (χ4n) is 2.24. The van der Waals surface area contributed by atoms with Crippen LogP contribution in [-0.2, 0) is 21.1 Å². The van der Waals surface area contributed by atoms with Crippen molar-refractivity contribution >= 4 is 23.1 Å². The maximum atomic E-state index is 7.07. The zero-order valence-corrected chi connectivity index (χ0v) is 19.7. The number of rotatable bonds is 1. The van der Waals surface area contributed by atoms with Crippen LogP contribution in [0.5, 0.6) is 0 Å². The average Bonchev–Trinajstić information content (AvgIpc) is 3.18. The van der Waals surface area contributed by atoms with Crippen molar-refractivity contribution in [3.8, 4) is 23.7 Å². The third-order valence-corrected chi connectivity index (χ3v) is 5.60. The summed E-state index contributed by atoms with van der Waals surface area (Å²) in [6.45, 7) is 4.26. The van der Waals surface area contributed by atoms with Crippen molar-refractivity contribution in [1.82, 2.24) is 0 Å². The van der Waals surface area contributed by atoms with E-state index in [2.05, 4.69) is 55.9 Å². The molecule has 0 aliphatic rings. The monoisotopic (exact) mass is 577 g/mol. The van der Waals surface area contributed by atoms with Gasteiger partial charge in [0.2, 0.25) is 0 Å². The maximum absolute atomic E-state index is 7.07. The van der Waals surface area contributed by atoms with Gasteiger partial charge >= 0.3 is 21.1 Å². The average molecular weight is 578 g/mol. The fourth-order valence-corrected chi connectivity index (χ4v) is 3.61. The van der Waals surface area contributed by atoms with E-state index in [0.717, 1.165) is 20.9 Å². The Morgan fingerprint density at radius 2 is 1.50 bits per heavy atom. The van der Waals surface area contributed by atoms with E-state index in [1.807, 2.05) is 42.5 Å². The van der Waals surface area contributed by atoms with Crippen molar-refractivity contribution < 1.29 is 21.1 Å². The minimum absolute atomic E-state index is 0. The summed E-state index contributed by atoms with van der Waals surface area (Å²) in [5.41, 5.74) is 4.47. The Morgan fingerprint density at radius 1 is 0.821 bits per heavy atom. The Labute approximate surface area is 191 Å². The number of hydrogen-bond donors (Lipinski definition) is 0. The summed E-state index contributed by atoms with van der Waals surface area (Å²) >= 11 is 3.25. The first-order valence-corrected chi connectivity index (χ1v) is 10.3. The molecule has 0 radical (unpaired) electrons. The van der Waals surface area contributed by atoms with Crippen molar-refractivity contribution in [2.75, 3.05) is 6.26 Å². The summed E-state index contributed by atoms with van der Waals surface area (Å²) in [7, 11) is 0. The molecule has 0 bridgehead atoms. The molecule has 2 aromatic carbocycles. The molecule has 3 heteroatoms. The molecule has 0 saturated carbocycles. The molecule has 0 amide bonds. The summed E-state index contributed by atoms with van der Waals surface area (Å²) in [5, 5.41) is 0. The van der Waals surface area contributed by atoms with Crippen LogP contribution in [0, 0.1) is 50.4 Å². The van der Waals surface area contributed by atoms with Crippen molar-refractivity contribution in [2.24, 2.45) is 0 Å². The molecule has 0 atom stereocenters. The van der Waals surface area contributed by atoms with E-state index >= 15 is 0 Å². The molecular weight excluding hydrogens is 559 g/mol. The van der Waals surface area contributed by atoms with Gasteiger partial charge in [-0.3, -0.25) is 11.8 Å². The first-order chi connectivity index (χ1) is 13.1. The molecule has 0 aliphatic carbocycles. The standard InChI is InChI=1S/C17H13S2.C8H5.Pt/c1-5-15-8-9-16(19-15)7-6-14-10-12(2)13(3)17(11-14)18-4;1-2-8-6-4-3-5-7-8;/h8-11H,2-4H3;3-7H;/q2*-1;+2. The van der Waals surface area contributed by atoms with Gasteiger partial charge in [-0.15, -0.1) is 35.5 Å². The van der Waals surface area contributed by atoms with Gasteiger partial charge in [0.1, 0.15) is 0 Å². The number of hydrogen-bond acceptors (Lipinski definition) is 2. The molecule has 0 nitrogen and oxygen atoms in total. The SMILES string of the molecule is [C-]#Cc1ccc(C#Cc2cc(C)c(C)c(SC)c2)s1.[C-]#Cc1ccccc1.[Pt+2]. The van der Waals surface area contributed by atoms with Crippen LogP contribution in [-0.4, -0.2) is 6.26 Å². The zero-order chi connectivity index (χ0) is 19.6. The van der Waals surface area contributed by atoms with Crippen LogP contribution in [0.1, 0.15) is 32.0 Å². The molecule has 0 unspecified atom stereocenters. The molecule has 0 N–H and O–H groups in total. The summed E-state index contributed by atoms with van der Waals surface area (Å²) in [5.74, 6) is 11.0. The second-order valence-electron chi connectivity index (χ2n) is 5.65. The van der Waals surface area contributed by atoms with Crippen molar-refractivity contribution in [1.29, 1.82) is 0 Å². The predicted octanol–water partition coefficient (Wildman–Crippen LogP) is 6.05. The summed E-state index contributed by atoms with van der Waals surface area (Å²) in [6, 6.07) is 17.4. The van der Waals surface area contributed by atoms with Crippen molar-refractivity contribution in [3.05, 3.63) is 99.5 Å². The zero-order valence-electron chi connectivity index (χ0n) is 15.8. The van der Waals surface area contributed by atoms with Crippen molar-refractivity contribution in [2.45, 2.75) is 18.7 Å². The maximum Gasteiger partial charge on any atom is 2.00 e. The van der Waals surface area contributed by atoms with E-state index in [4.69, 9.17) is 12.8 Å². The minimum Gasteiger partial charge on any atom is -0.366 e. The molecule has 1 aromatic heterocycles. The van der Waals surface area contributed by atoms with Gasteiger partial charge in [0.05, 0.1) is 4.88 Å². The van der Waals surface area contributed by atoms with E-state index in [-0.39, 0.29) is 21.1 Å². The van der Waals surface area contributed by atoms with Crippen LogP contribution in [0.25, 0.3) is 0 Å². The van der Waals surface area contributed by atoms with E-state index < -0.39 is 0 Å². The molecular formula is C25H18PtS2. The molecule has 0 fully saturated rings. The van der Waals surface area contributed by atoms with Crippen LogP contribution >= 0.6 is 23.1 Å². The number of aryl methyl sites for hydroxylation is 1. The van der Waals surface area contributed by atoms with E-state index in [1.54, 1.807) is 11.8 Å². The molecule has 1 heterocycles. The van der Waals surface area contributed by atoms with Gasteiger partial charge < -0.3 is 12.8 Å². The van der Waals surface area contributed by atoms with Gasteiger partial charge in [-0.05, 0) is 43.4 Å². The number of thioether (sulfide) groups is 1. The second kappa shape index (κ2) is 12.3. The van der Waals surface area contributed by atoms with Crippen molar-refractivity contribution in [3.63, 3.8) is 0 Å². The van der Waals surface area contributed by atoms with Crippen LogP contribution in [0.3, 0.4) is 0 Å². The van der Waals surface area contributed by atoms with E-state index in [0.29, 0.717) is 0 Å². The molecule has 3 rings (SSSR count). The number of benzene rings is 2. The third kappa shape index (κ3) is 7.11. The first kappa shape index (κ1) is 23.9. The Bertz CT molecular complexity index is 1050. The smallest absolute Gasteiger partial charge is 0.366 e. The summed E-state index contributed by atoms with van der Waals surface area (Å²) < 4.78 is 0. The molecule has 0 saturated heterocycles. The van der Waals surface area contributed by atoms with Gasteiger partial charge in [-0.2, -0.15) is 0 Å². The van der Waals surface area contributed by atoms with Gasteiger partial charge in [0, 0.05) is 10.5 Å².